The zero-order valence-electron chi connectivity index (χ0n) is 11.1. The summed E-state index contributed by atoms with van der Waals surface area (Å²) >= 11 is 0. The van der Waals surface area contributed by atoms with Crippen molar-refractivity contribution < 1.29 is 17.6 Å². The van der Waals surface area contributed by atoms with Gasteiger partial charge in [-0.1, -0.05) is 5.10 Å². The highest BCUT2D eigenvalue weighted by atomic mass is 19.4. The highest BCUT2D eigenvalue weighted by Crippen LogP contribution is 2.50. The number of rotatable bonds is 4. The van der Waals surface area contributed by atoms with Crippen LogP contribution in [0.25, 0.3) is 0 Å². The predicted octanol–water partition coefficient (Wildman–Crippen LogP) is 2.46. The second-order valence-electron chi connectivity index (χ2n) is 5.81. The van der Waals surface area contributed by atoms with Crippen molar-refractivity contribution in [2.45, 2.75) is 57.4 Å². The number of nitrogens with zero attached hydrogens (tertiary/aromatic N) is 2. The predicted molar refractivity (Wildman–Crippen MR) is 62.5 cm³/mol. The molecule has 0 unspecified atom stereocenters. The van der Waals surface area contributed by atoms with E-state index in [4.69, 9.17) is 4.42 Å². The lowest BCUT2D eigenvalue weighted by Crippen LogP contribution is -2.38. The Bertz CT molecular complexity index is 446. The molecular weight excluding hydrogens is 261 g/mol. The minimum absolute atomic E-state index is 0.0362. The lowest BCUT2D eigenvalue weighted by molar-refractivity contribution is -0.151. The summed E-state index contributed by atoms with van der Waals surface area (Å²) in [4.78, 5) is 0. The van der Waals surface area contributed by atoms with E-state index in [-0.39, 0.29) is 30.3 Å². The molecule has 1 aromatic rings. The van der Waals surface area contributed by atoms with Gasteiger partial charge in [-0.3, -0.25) is 0 Å². The summed E-state index contributed by atoms with van der Waals surface area (Å²) < 4.78 is 43.3. The molecule has 19 heavy (non-hydrogen) atoms. The fraction of sp³-hybridized carbons (Fsp3) is 0.818. The quantitative estimate of drug-likeness (QED) is 0.885. The molecule has 0 radical (unpaired) electrons. The first-order chi connectivity index (χ1) is 8.61. The van der Waals surface area contributed by atoms with Gasteiger partial charge in [0.1, 0.15) is 5.54 Å². The number of hydrogen-bond donors (Lipinski definition) is 2. The maximum Gasteiger partial charge on any atom is 0.411 e. The van der Waals surface area contributed by atoms with Gasteiger partial charge in [0.05, 0.1) is 6.54 Å². The van der Waals surface area contributed by atoms with Crippen LogP contribution in [-0.2, 0) is 6.54 Å². The van der Waals surface area contributed by atoms with E-state index >= 15 is 0 Å². The van der Waals surface area contributed by atoms with Gasteiger partial charge in [-0.05, 0) is 33.6 Å². The van der Waals surface area contributed by atoms with Crippen molar-refractivity contribution in [3.8, 4) is 0 Å². The largest absolute Gasteiger partial charge is 0.411 e. The van der Waals surface area contributed by atoms with Crippen LogP contribution in [0.5, 0.6) is 0 Å². The molecule has 0 aliphatic heterocycles. The smallest absolute Gasteiger partial charge is 0.407 e. The summed E-state index contributed by atoms with van der Waals surface area (Å²) in [5.74, 6) is 0.260. The van der Waals surface area contributed by atoms with Gasteiger partial charge in [-0.15, -0.1) is 5.10 Å². The van der Waals surface area contributed by atoms with E-state index < -0.39 is 11.7 Å². The molecule has 0 amide bonds. The first-order valence-corrected chi connectivity index (χ1v) is 6.04. The van der Waals surface area contributed by atoms with Crippen LogP contribution < -0.4 is 10.6 Å². The number of alkyl halides is 3. The Hall–Kier alpha value is -1.31. The zero-order chi connectivity index (χ0) is 14.3. The van der Waals surface area contributed by atoms with Crippen molar-refractivity contribution in [2.24, 2.45) is 0 Å². The minimum Gasteiger partial charge on any atom is -0.407 e. The van der Waals surface area contributed by atoms with Gasteiger partial charge in [-0.2, -0.15) is 13.2 Å². The molecule has 1 aliphatic carbocycles. The Morgan fingerprint density at radius 1 is 1.21 bits per heavy atom. The summed E-state index contributed by atoms with van der Waals surface area (Å²) in [6.45, 7) is 6.21. The molecule has 0 bridgehead atoms. The van der Waals surface area contributed by atoms with Gasteiger partial charge in [-0.25, -0.2) is 0 Å². The third-order valence-corrected chi connectivity index (χ3v) is 2.88. The fourth-order valence-corrected chi connectivity index (χ4v) is 1.53. The van der Waals surface area contributed by atoms with Crippen LogP contribution in [0.15, 0.2) is 4.42 Å². The molecule has 0 saturated heterocycles. The molecule has 8 heteroatoms. The van der Waals surface area contributed by atoms with E-state index in [2.05, 4.69) is 20.8 Å². The van der Waals surface area contributed by atoms with Gasteiger partial charge in [0.25, 0.3) is 0 Å². The lowest BCUT2D eigenvalue weighted by Gasteiger charge is -2.19. The van der Waals surface area contributed by atoms with Gasteiger partial charge in [0.15, 0.2) is 0 Å². The van der Waals surface area contributed by atoms with Gasteiger partial charge in [0.2, 0.25) is 5.89 Å². The zero-order valence-corrected chi connectivity index (χ0v) is 11.1. The number of anilines is 1. The van der Waals surface area contributed by atoms with Crippen LogP contribution in [0.1, 0.15) is 39.5 Å². The Labute approximate surface area is 109 Å². The summed E-state index contributed by atoms with van der Waals surface area (Å²) in [6.07, 6.45) is -4.23. The monoisotopic (exact) mass is 278 g/mol. The summed E-state index contributed by atoms with van der Waals surface area (Å²) in [6, 6.07) is -0.180. The molecule has 1 saturated carbocycles. The molecule has 1 heterocycles. The van der Waals surface area contributed by atoms with Crippen molar-refractivity contribution in [2.75, 3.05) is 5.32 Å². The molecule has 1 aromatic heterocycles. The molecule has 0 aromatic carbocycles. The molecule has 1 aliphatic rings. The lowest BCUT2D eigenvalue weighted by atomic mass is 10.1. The summed E-state index contributed by atoms with van der Waals surface area (Å²) in [7, 11) is 0. The Balaban J connectivity index is 1.95. The number of nitrogens with one attached hydrogen (secondary N) is 2. The summed E-state index contributed by atoms with van der Waals surface area (Å²) in [5.41, 5.74) is -2.01. The fourth-order valence-electron chi connectivity index (χ4n) is 1.53. The standard InChI is InChI=1S/C11H17F3N4O/c1-9(2,3)15-6-7-17-18-8(19-7)16-10(4-5-10)11(12,13)14/h15H,4-6H2,1-3H3,(H,16,18). The van der Waals surface area contributed by atoms with Crippen molar-refractivity contribution >= 4 is 6.01 Å². The molecule has 2 rings (SSSR count). The van der Waals surface area contributed by atoms with Crippen LogP contribution in [0.2, 0.25) is 0 Å². The number of hydrogen-bond acceptors (Lipinski definition) is 5. The molecule has 1 fully saturated rings. The maximum absolute atomic E-state index is 12.7. The molecule has 108 valence electrons. The van der Waals surface area contributed by atoms with Crippen molar-refractivity contribution in [3.63, 3.8) is 0 Å². The minimum atomic E-state index is -4.30. The normalized spacial score (nSPS) is 18.4. The SMILES string of the molecule is CC(C)(C)NCc1nnc(NC2(C(F)(F)F)CC2)o1. The van der Waals surface area contributed by atoms with E-state index in [0.717, 1.165) is 0 Å². The Kier molecular flexibility index (Phi) is 3.24. The second kappa shape index (κ2) is 4.36. The van der Waals surface area contributed by atoms with E-state index in [9.17, 15) is 13.2 Å². The Morgan fingerprint density at radius 2 is 1.84 bits per heavy atom. The average Bonchev–Trinajstić information content (AvgIpc) is 2.87. The van der Waals surface area contributed by atoms with Gasteiger partial charge < -0.3 is 15.1 Å². The third kappa shape index (κ3) is 3.37. The van der Waals surface area contributed by atoms with Crippen LogP contribution in [-0.4, -0.2) is 27.5 Å². The third-order valence-electron chi connectivity index (χ3n) is 2.88. The van der Waals surface area contributed by atoms with Crippen LogP contribution in [0.4, 0.5) is 19.2 Å². The van der Waals surface area contributed by atoms with E-state index in [1.54, 1.807) is 0 Å². The van der Waals surface area contributed by atoms with Crippen molar-refractivity contribution in [1.29, 1.82) is 0 Å². The van der Waals surface area contributed by atoms with Gasteiger partial charge in [0, 0.05) is 5.54 Å². The van der Waals surface area contributed by atoms with Crippen LogP contribution in [0.3, 0.4) is 0 Å². The van der Waals surface area contributed by atoms with Gasteiger partial charge >= 0.3 is 12.2 Å². The Morgan fingerprint density at radius 3 is 2.32 bits per heavy atom. The summed E-state index contributed by atoms with van der Waals surface area (Å²) in [5, 5.41) is 12.7. The molecule has 0 atom stereocenters. The maximum atomic E-state index is 12.7. The first kappa shape index (κ1) is 14.1. The van der Waals surface area contributed by atoms with Crippen LogP contribution >= 0.6 is 0 Å². The highest BCUT2D eigenvalue weighted by Gasteiger charge is 2.64. The molecular formula is C11H17F3N4O. The average molecular weight is 278 g/mol. The topological polar surface area (TPSA) is 63.0 Å². The van der Waals surface area contributed by atoms with E-state index in [1.165, 1.54) is 0 Å². The van der Waals surface area contributed by atoms with E-state index in [1.807, 2.05) is 20.8 Å². The first-order valence-electron chi connectivity index (χ1n) is 6.04. The van der Waals surface area contributed by atoms with Crippen molar-refractivity contribution in [1.82, 2.24) is 15.5 Å². The van der Waals surface area contributed by atoms with Crippen molar-refractivity contribution in [3.05, 3.63) is 5.89 Å². The number of aromatic nitrogens is 2. The second-order valence-corrected chi connectivity index (χ2v) is 5.81. The van der Waals surface area contributed by atoms with Crippen LogP contribution in [0, 0.1) is 0 Å². The molecule has 0 spiro atoms. The molecule has 5 nitrogen and oxygen atoms in total. The molecule has 2 N–H and O–H groups in total. The highest BCUT2D eigenvalue weighted by molar-refractivity contribution is 5.32. The van der Waals surface area contributed by atoms with E-state index in [0.29, 0.717) is 6.54 Å². The number of halogens is 3.